The van der Waals surface area contributed by atoms with Crippen LogP contribution in [0, 0.1) is 6.92 Å². The smallest absolute Gasteiger partial charge is 0.287 e. The van der Waals surface area contributed by atoms with Gasteiger partial charge in [0.2, 0.25) is 5.88 Å². The largest absolute Gasteiger partial charge is 0.338 e. The van der Waals surface area contributed by atoms with Crippen LogP contribution >= 0.6 is 11.3 Å². The van der Waals surface area contributed by atoms with Crippen molar-refractivity contribution >= 4 is 33.3 Å². The van der Waals surface area contributed by atoms with E-state index in [9.17, 15) is 4.79 Å². The fourth-order valence-electron chi connectivity index (χ4n) is 1.56. The Kier molecular flexibility index (Phi) is 2.56. The lowest BCUT2D eigenvalue weighted by molar-refractivity contribution is 0.102. The molecule has 90 valence electrons. The first-order valence-electron chi connectivity index (χ1n) is 5.32. The van der Waals surface area contributed by atoms with Crippen LogP contribution in [0.4, 0.5) is 5.88 Å². The zero-order valence-electron chi connectivity index (χ0n) is 9.51. The number of carbonyl (C=O) groups excluding carboxylic acids is 1. The van der Waals surface area contributed by atoms with E-state index in [1.54, 1.807) is 13.0 Å². The van der Waals surface area contributed by atoms with E-state index in [1.807, 2.05) is 24.3 Å². The van der Waals surface area contributed by atoms with Gasteiger partial charge in [-0.25, -0.2) is 4.98 Å². The molecule has 0 unspecified atom stereocenters. The number of thiazole rings is 1. The molecule has 0 atom stereocenters. The quantitative estimate of drug-likeness (QED) is 0.768. The number of fused-ring (bicyclic) bond motifs is 1. The maximum atomic E-state index is 11.9. The van der Waals surface area contributed by atoms with Crippen LogP contribution in [0.1, 0.15) is 15.5 Å². The van der Waals surface area contributed by atoms with Crippen molar-refractivity contribution in [1.82, 2.24) is 10.1 Å². The molecule has 1 N–H and O–H groups in total. The topological polar surface area (TPSA) is 68.0 Å². The van der Waals surface area contributed by atoms with Gasteiger partial charge in [0, 0.05) is 6.07 Å². The average Bonchev–Trinajstić information content (AvgIpc) is 2.95. The number of nitrogens with one attached hydrogen (secondary N) is 1. The van der Waals surface area contributed by atoms with E-state index in [1.165, 1.54) is 11.3 Å². The molecule has 0 saturated heterocycles. The zero-order chi connectivity index (χ0) is 12.5. The van der Waals surface area contributed by atoms with E-state index in [0.717, 1.165) is 15.9 Å². The van der Waals surface area contributed by atoms with E-state index >= 15 is 0 Å². The third-order valence-electron chi connectivity index (χ3n) is 2.35. The molecule has 1 amide bonds. The van der Waals surface area contributed by atoms with Crippen molar-refractivity contribution in [2.45, 2.75) is 6.92 Å². The number of benzene rings is 1. The molecular weight excluding hydrogens is 250 g/mol. The predicted molar refractivity (Wildman–Crippen MR) is 68.8 cm³/mol. The molecule has 0 bridgehead atoms. The third kappa shape index (κ3) is 1.98. The van der Waals surface area contributed by atoms with Crippen molar-refractivity contribution < 1.29 is 9.32 Å². The molecule has 3 aromatic rings. The molecule has 0 saturated carbocycles. The number of hydrogen-bond donors (Lipinski definition) is 1. The van der Waals surface area contributed by atoms with Crippen molar-refractivity contribution in [2.75, 3.05) is 5.32 Å². The monoisotopic (exact) mass is 259 g/mol. The van der Waals surface area contributed by atoms with Gasteiger partial charge in [0.15, 0.2) is 5.01 Å². The molecule has 2 heterocycles. The summed E-state index contributed by atoms with van der Waals surface area (Å²) in [4.78, 5) is 16.2. The number of rotatable bonds is 2. The van der Waals surface area contributed by atoms with E-state index in [4.69, 9.17) is 4.52 Å². The molecule has 2 aromatic heterocycles. The highest BCUT2D eigenvalue weighted by molar-refractivity contribution is 7.20. The van der Waals surface area contributed by atoms with Gasteiger partial charge in [-0.1, -0.05) is 17.3 Å². The molecule has 0 spiro atoms. The van der Waals surface area contributed by atoms with Crippen LogP contribution in [-0.4, -0.2) is 16.0 Å². The lowest BCUT2D eigenvalue weighted by Gasteiger charge is -1.95. The van der Waals surface area contributed by atoms with Gasteiger partial charge in [-0.3, -0.25) is 10.1 Å². The molecule has 18 heavy (non-hydrogen) atoms. The molecule has 0 aliphatic carbocycles. The standard InChI is InChI=1S/C12H9N3O2S/c1-7-6-10(17-15-7)14-11(16)12-13-8-4-2-3-5-9(8)18-12/h2-6H,1H3,(H,14,16). The van der Waals surface area contributed by atoms with Crippen molar-refractivity contribution in [3.05, 3.63) is 41.0 Å². The first kappa shape index (κ1) is 10.9. The van der Waals surface area contributed by atoms with Gasteiger partial charge >= 0.3 is 0 Å². The summed E-state index contributed by atoms with van der Waals surface area (Å²) in [5.74, 6) is 0.0455. The first-order valence-corrected chi connectivity index (χ1v) is 6.14. The molecule has 6 heteroatoms. The van der Waals surface area contributed by atoms with Gasteiger partial charge in [0.25, 0.3) is 5.91 Å². The van der Waals surface area contributed by atoms with Crippen molar-refractivity contribution in [3.8, 4) is 0 Å². The van der Waals surface area contributed by atoms with E-state index in [-0.39, 0.29) is 5.91 Å². The van der Waals surface area contributed by atoms with Crippen LogP contribution in [0.2, 0.25) is 0 Å². The molecule has 0 aliphatic heterocycles. The summed E-state index contributed by atoms with van der Waals surface area (Å²) in [6, 6.07) is 9.28. The summed E-state index contributed by atoms with van der Waals surface area (Å²) >= 11 is 1.35. The minimum atomic E-state index is -0.285. The van der Waals surface area contributed by atoms with Crippen LogP contribution < -0.4 is 5.32 Å². The SMILES string of the molecule is Cc1cc(NC(=O)c2nc3ccccc3s2)on1. The van der Waals surface area contributed by atoms with Crippen LogP contribution in [-0.2, 0) is 0 Å². The Hall–Kier alpha value is -2.21. The second-order valence-electron chi connectivity index (χ2n) is 3.77. The number of aromatic nitrogens is 2. The molecule has 0 radical (unpaired) electrons. The van der Waals surface area contributed by atoms with Gasteiger partial charge in [0.05, 0.1) is 15.9 Å². The second-order valence-corrected chi connectivity index (χ2v) is 4.80. The first-order chi connectivity index (χ1) is 8.72. The van der Waals surface area contributed by atoms with Gasteiger partial charge < -0.3 is 4.52 Å². The van der Waals surface area contributed by atoms with E-state index in [0.29, 0.717) is 10.9 Å². The highest BCUT2D eigenvalue weighted by Crippen LogP contribution is 2.22. The molecule has 0 aliphatic rings. The Labute approximate surface area is 106 Å². The fraction of sp³-hybridized carbons (Fsp3) is 0.0833. The Morgan fingerprint density at radius 1 is 1.39 bits per heavy atom. The molecule has 3 rings (SSSR count). The molecule has 0 fully saturated rings. The summed E-state index contributed by atoms with van der Waals surface area (Å²) in [6.45, 7) is 1.79. The predicted octanol–water partition coefficient (Wildman–Crippen LogP) is 2.85. The summed E-state index contributed by atoms with van der Waals surface area (Å²) in [5, 5.41) is 6.73. The Morgan fingerprint density at radius 2 is 2.22 bits per heavy atom. The molecule has 1 aromatic carbocycles. The van der Waals surface area contributed by atoms with Crippen LogP contribution in [0.3, 0.4) is 0 Å². The zero-order valence-corrected chi connectivity index (χ0v) is 10.3. The Morgan fingerprint density at radius 3 is 2.94 bits per heavy atom. The number of anilines is 1. The minimum absolute atomic E-state index is 0.285. The molecule has 5 nitrogen and oxygen atoms in total. The van der Waals surface area contributed by atoms with Gasteiger partial charge in [-0.2, -0.15) is 0 Å². The number of hydrogen-bond acceptors (Lipinski definition) is 5. The fourth-order valence-corrected chi connectivity index (χ4v) is 2.42. The highest BCUT2D eigenvalue weighted by Gasteiger charge is 2.13. The Bertz CT molecular complexity index is 684. The molecular formula is C12H9N3O2S. The van der Waals surface area contributed by atoms with E-state index < -0.39 is 0 Å². The number of carbonyl (C=O) groups is 1. The third-order valence-corrected chi connectivity index (χ3v) is 3.39. The number of aryl methyl sites for hydroxylation is 1. The lowest BCUT2D eigenvalue weighted by atomic mass is 10.3. The normalized spacial score (nSPS) is 10.7. The lowest BCUT2D eigenvalue weighted by Crippen LogP contribution is -2.10. The van der Waals surface area contributed by atoms with Gasteiger partial charge in [0.1, 0.15) is 0 Å². The van der Waals surface area contributed by atoms with E-state index in [2.05, 4.69) is 15.5 Å². The summed E-state index contributed by atoms with van der Waals surface area (Å²) in [6.07, 6.45) is 0. The minimum Gasteiger partial charge on any atom is -0.338 e. The second kappa shape index (κ2) is 4.23. The number of nitrogens with zero attached hydrogens (tertiary/aromatic N) is 2. The Balaban J connectivity index is 1.87. The summed E-state index contributed by atoms with van der Waals surface area (Å²) in [5.41, 5.74) is 1.54. The van der Waals surface area contributed by atoms with Crippen molar-refractivity contribution in [1.29, 1.82) is 0 Å². The van der Waals surface area contributed by atoms with Gasteiger partial charge in [-0.15, -0.1) is 11.3 Å². The number of para-hydroxylation sites is 1. The highest BCUT2D eigenvalue weighted by atomic mass is 32.1. The van der Waals surface area contributed by atoms with Crippen LogP contribution in [0.25, 0.3) is 10.2 Å². The van der Waals surface area contributed by atoms with Crippen LogP contribution in [0.5, 0.6) is 0 Å². The summed E-state index contributed by atoms with van der Waals surface area (Å²) in [7, 11) is 0. The average molecular weight is 259 g/mol. The summed E-state index contributed by atoms with van der Waals surface area (Å²) < 4.78 is 5.91. The maximum absolute atomic E-state index is 11.9. The number of amides is 1. The van der Waals surface area contributed by atoms with Crippen molar-refractivity contribution in [3.63, 3.8) is 0 Å². The van der Waals surface area contributed by atoms with Gasteiger partial charge in [-0.05, 0) is 19.1 Å². The maximum Gasteiger partial charge on any atom is 0.287 e. The van der Waals surface area contributed by atoms with Crippen molar-refractivity contribution in [2.24, 2.45) is 0 Å². The van der Waals surface area contributed by atoms with Crippen LogP contribution in [0.15, 0.2) is 34.9 Å².